The van der Waals surface area contributed by atoms with Crippen LogP contribution in [0.25, 0.3) is 0 Å². The van der Waals surface area contributed by atoms with Crippen molar-refractivity contribution >= 4 is 5.97 Å². The van der Waals surface area contributed by atoms with Gasteiger partial charge in [-0.3, -0.25) is 9.48 Å². The fourth-order valence-electron chi connectivity index (χ4n) is 2.39. The van der Waals surface area contributed by atoms with Gasteiger partial charge in [0.15, 0.2) is 11.6 Å². The molecule has 0 N–H and O–H groups in total. The van der Waals surface area contributed by atoms with Crippen molar-refractivity contribution in [3.8, 4) is 0 Å². The van der Waals surface area contributed by atoms with Gasteiger partial charge in [0.1, 0.15) is 6.61 Å². The summed E-state index contributed by atoms with van der Waals surface area (Å²) in [5.74, 6) is -2.77. The van der Waals surface area contributed by atoms with Crippen molar-refractivity contribution in [2.75, 3.05) is 6.61 Å². The van der Waals surface area contributed by atoms with E-state index in [9.17, 15) is 13.6 Å². The minimum absolute atomic E-state index is 0.218. The Morgan fingerprint density at radius 1 is 1.38 bits per heavy atom. The smallest absolute Gasteiger partial charge is 0.309 e. The quantitative estimate of drug-likeness (QED) is 0.795. The summed E-state index contributed by atoms with van der Waals surface area (Å²) in [5.41, 5.74) is 0.254. The molecular weight excluding hydrogens is 278 g/mol. The maximum Gasteiger partial charge on any atom is 0.309 e. The average molecular weight is 292 g/mol. The zero-order chi connectivity index (χ0) is 14.8. The van der Waals surface area contributed by atoms with Crippen LogP contribution in [-0.2, 0) is 16.1 Å². The Labute approximate surface area is 120 Å². The van der Waals surface area contributed by atoms with Crippen LogP contribution in [0.15, 0.2) is 36.7 Å². The first-order valence-corrected chi connectivity index (χ1v) is 6.75. The number of nitrogens with zero attached hydrogens (tertiary/aromatic N) is 2. The predicted molar refractivity (Wildman–Crippen MR) is 70.4 cm³/mol. The molecule has 0 spiro atoms. The van der Waals surface area contributed by atoms with Crippen LogP contribution in [0.5, 0.6) is 0 Å². The van der Waals surface area contributed by atoms with Gasteiger partial charge in [-0.15, -0.1) is 0 Å². The molecule has 1 aromatic heterocycles. The number of esters is 1. The maximum atomic E-state index is 13.6. The molecule has 1 fully saturated rings. The zero-order valence-electron chi connectivity index (χ0n) is 11.2. The van der Waals surface area contributed by atoms with E-state index >= 15 is 0 Å². The van der Waals surface area contributed by atoms with E-state index in [-0.39, 0.29) is 30.0 Å². The topological polar surface area (TPSA) is 44.1 Å². The number of benzene rings is 1. The zero-order valence-corrected chi connectivity index (χ0v) is 11.2. The lowest BCUT2D eigenvalue weighted by atomic mass is 10.1. The fraction of sp³-hybridized carbons (Fsp3) is 0.333. The summed E-state index contributed by atoms with van der Waals surface area (Å²) in [5, 5.41) is 3.99. The Kier molecular flexibility index (Phi) is 3.68. The Balaban J connectivity index is 1.52. The number of ether oxygens (including phenoxy) is 1. The lowest BCUT2D eigenvalue weighted by Crippen LogP contribution is -2.13. The minimum Gasteiger partial charge on any atom is -0.463 e. The highest BCUT2D eigenvalue weighted by molar-refractivity contribution is 5.77. The van der Waals surface area contributed by atoms with Crippen LogP contribution in [0.1, 0.15) is 17.9 Å². The summed E-state index contributed by atoms with van der Waals surface area (Å²) < 4.78 is 33.6. The van der Waals surface area contributed by atoms with Crippen molar-refractivity contribution < 1.29 is 18.3 Å². The molecule has 0 unspecified atom stereocenters. The van der Waals surface area contributed by atoms with Crippen LogP contribution >= 0.6 is 0 Å². The summed E-state index contributed by atoms with van der Waals surface area (Å²) in [6.07, 6.45) is 3.92. The number of carbonyl (C=O) groups excluding carboxylic acids is 1. The van der Waals surface area contributed by atoms with E-state index in [2.05, 4.69) is 5.10 Å². The molecule has 3 rings (SSSR count). The molecule has 6 heteroatoms. The van der Waals surface area contributed by atoms with Gasteiger partial charge in [-0.25, -0.2) is 8.78 Å². The molecule has 0 bridgehead atoms. The third kappa shape index (κ3) is 2.94. The van der Waals surface area contributed by atoms with Crippen LogP contribution in [0.2, 0.25) is 0 Å². The van der Waals surface area contributed by atoms with Gasteiger partial charge in [-0.05, 0) is 24.1 Å². The van der Waals surface area contributed by atoms with E-state index in [0.29, 0.717) is 13.0 Å². The molecule has 1 aliphatic carbocycles. The molecule has 4 nitrogen and oxygen atoms in total. The van der Waals surface area contributed by atoms with Gasteiger partial charge < -0.3 is 4.74 Å². The molecule has 0 saturated heterocycles. The standard InChI is InChI=1S/C15H14F2N2O2/c16-13-4-1-3-10(14(13)17)11-9-12(11)15(20)21-8-7-19-6-2-5-18-19/h1-6,11-12H,7-9H2/t11-,12-/m1/s1. The Morgan fingerprint density at radius 2 is 2.24 bits per heavy atom. The van der Waals surface area contributed by atoms with Gasteiger partial charge in [0.2, 0.25) is 0 Å². The molecule has 0 amide bonds. The predicted octanol–water partition coefficient (Wildman–Crippen LogP) is 2.51. The molecule has 1 aliphatic rings. The van der Waals surface area contributed by atoms with Crippen molar-refractivity contribution in [1.82, 2.24) is 9.78 Å². The third-order valence-corrected chi connectivity index (χ3v) is 3.60. The number of carbonyl (C=O) groups is 1. The number of halogens is 2. The molecule has 2 atom stereocenters. The molecule has 21 heavy (non-hydrogen) atoms. The summed E-state index contributed by atoms with van der Waals surface area (Å²) in [4.78, 5) is 11.8. The third-order valence-electron chi connectivity index (χ3n) is 3.60. The first-order valence-electron chi connectivity index (χ1n) is 6.75. The Hall–Kier alpha value is -2.24. The first-order chi connectivity index (χ1) is 10.2. The van der Waals surface area contributed by atoms with E-state index in [1.165, 1.54) is 12.1 Å². The molecule has 110 valence electrons. The summed E-state index contributed by atoms with van der Waals surface area (Å²) in [6, 6.07) is 5.82. The summed E-state index contributed by atoms with van der Waals surface area (Å²) in [7, 11) is 0. The highest BCUT2D eigenvalue weighted by atomic mass is 19.2. The van der Waals surface area contributed by atoms with E-state index in [4.69, 9.17) is 4.74 Å². The second-order valence-electron chi connectivity index (χ2n) is 5.03. The highest BCUT2D eigenvalue weighted by Crippen LogP contribution is 2.49. The number of hydrogen-bond donors (Lipinski definition) is 0. The largest absolute Gasteiger partial charge is 0.463 e. The number of rotatable bonds is 5. The monoisotopic (exact) mass is 292 g/mol. The van der Waals surface area contributed by atoms with Crippen molar-refractivity contribution in [2.24, 2.45) is 5.92 Å². The number of hydrogen-bond acceptors (Lipinski definition) is 3. The lowest BCUT2D eigenvalue weighted by Gasteiger charge is -2.05. The van der Waals surface area contributed by atoms with Gasteiger partial charge in [0, 0.05) is 18.3 Å². The van der Waals surface area contributed by atoms with E-state index in [1.807, 2.05) is 0 Å². The SMILES string of the molecule is O=C(OCCn1cccn1)[C@@H]1C[C@@H]1c1cccc(F)c1F. The summed E-state index contributed by atoms with van der Waals surface area (Å²) >= 11 is 0. The minimum atomic E-state index is -0.884. The Morgan fingerprint density at radius 3 is 3.00 bits per heavy atom. The second kappa shape index (κ2) is 5.63. The molecule has 0 radical (unpaired) electrons. The van der Waals surface area contributed by atoms with Crippen molar-refractivity contribution in [3.05, 3.63) is 53.9 Å². The second-order valence-corrected chi connectivity index (χ2v) is 5.03. The van der Waals surface area contributed by atoms with Crippen LogP contribution in [-0.4, -0.2) is 22.4 Å². The normalized spacial score (nSPS) is 20.3. The lowest BCUT2D eigenvalue weighted by molar-refractivity contribution is -0.145. The average Bonchev–Trinajstić information content (AvgIpc) is 3.10. The number of aromatic nitrogens is 2. The van der Waals surface area contributed by atoms with E-state index in [0.717, 1.165) is 6.07 Å². The van der Waals surface area contributed by atoms with Gasteiger partial charge >= 0.3 is 5.97 Å². The van der Waals surface area contributed by atoms with Crippen molar-refractivity contribution in [1.29, 1.82) is 0 Å². The highest BCUT2D eigenvalue weighted by Gasteiger charge is 2.46. The molecular formula is C15H14F2N2O2. The van der Waals surface area contributed by atoms with Crippen LogP contribution in [0.4, 0.5) is 8.78 Å². The van der Waals surface area contributed by atoms with Crippen molar-refractivity contribution in [2.45, 2.75) is 18.9 Å². The Bertz CT molecular complexity index is 643. The molecule has 1 heterocycles. The van der Waals surface area contributed by atoms with Gasteiger partial charge in [-0.2, -0.15) is 5.10 Å². The van der Waals surface area contributed by atoms with Gasteiger partial charge in [0.25, 0.3) is 0 Å². The molecule has 0 aliphatic heterocycles. The van der Waals surface area contributed by atoms with Gasteiger partial charge in [0.05, 0.1) is 12.5 Å². The van der Waals surface area contributed by atoms with E-state index in [1.54, 1.807) is 23.1 Å². The molecule has 1 saturated carbocycles. The summed E-state index contributed by atoms with van der Waals surface area (Å²) in [6.45, 7) is 0.694. The maximum absolute atomic E-state index is 13.6. The molecule has 1 aromatic carbocycles. The van der Waals surface area contributed by atoms with Gasteiger partial charge in [-0.1, -0.05) is 12.1 Å². The molecule has 2 aromatic rings. The van der Waals surface area contributed by atoms with E-state index < -0.39 is 11.6 Å². The fourth-order valence-corrected chi connectivity index (χ4v) is 2.39. The first kappa shape index (κ1) is 13.7. The van der Waals surface area contributed by atoms with Crippen LogP contribution in [0.3, 0.4) is 0 Å². The van der Waals surface area contributed by atoms with Crippen molar-refractivity contribution in [3.63, 3.8) is 0 Å². The van der Waals surface area contributed by atoms with Crippen LogP contribution < -0.4 is 0 Å². The van der Waals surface area contributed by atoms with Crippen LogP contribution in [0, 0.1) is 17.6 Å².